The van der Waals surface area contributed by atoms with Crippen molar-refractivity contribution in [1.29, 1.82) is 0 Å². The zero-order valence-corrected chi connectivity index (χ0v) is 16.8. The molecule has 1 N–H and O–H groups in total. The summed E-state index contributed by atoms with van der Waals surface area (Å²) in [5, 5.41) is 11.3. The van der Waals surface area contributed by atoms with E-state index in [4.69, 9.17) is 4.42 Å². The molecule has 0 aliphatic rings. The largest absolute Gasteiger partial charge is 0.421 e. The molecule has 0 atom stereocenters. The smallest absolute Gasteiger partial charge is 0.247 e. The summed E-state index contributed by atoms with van der Waals surface area (Å²) in [5.41, 5.74) is 4.12. The standard InChI is InChI=1S/C25H23N3O2/c1-18-12-14-21(15-13-18)25-28-27-23(30-25)17-16-22(29)26-24(19-8-4-2-5-9-19)20-10-6-3-7-11-20/h2-15,24H,16-17H2,1H3,(H,26,29). The number of nitrogens with one attached hydrogen (secondary N) is 1. The van der Waals surface area contributed by atoms with Crippen LogP contribution in [0.1, 0.15) is 35.0 Å². The Morgan fingerprint density at radius 2 is 1.47 bits per heavy atom. The Labute approximate surface area is 175 Å². The lowest BCUT2D eigenvalue weighted by molar-refractivity contribution is -0.121. The van der Waals surface area contributed by atoms with Gasteiger partial charge in [0.25, 0.3) is 0 Å². The first-order valence-electron chi connectivity index (χ1n) is 9.98. The fraction of sp³-hybridized carbons (Fsp3) is 0.160. The summed E-state index contributed by atoms with van der Waals surface area (Å²) in [7, 11) is 0. The van der Waals surface area contributed by atoms with E-state index in [9.17, 15) is 4.79 Å². The third-order valence-corrected chi connectivity index (χ3v) is 4.90. The van der Waals surface area contributed by atoms with Crippen molar-refractivity contribution in [2.24, 2.45) is 0 Å². The number of nitrogens with zero attached hydrogens (tertiary/aromatic N) is 2. The highest BCUT2D eigenvalue weighted by molar-refractivity contribution is 5.77. The van der Waals surface area contributed by atoms with Gasteiger partial charge in [0.1, 0.15) is 0 Å². The first-order valence-corrected chi connectivity index (χ1v) is 9.98. The third-order valence-electron chi connectivity index (χ3n) is 4.90. The highest BCUT2D eigenvalue weighted by Crippen LogP contribution is 2.22. The number of amides is 1. The Morgan fingerprint density at radius 3 is 2.07 bits per heavy atom. The number of carbonyl (C=O) groups excluding carboxylic acids is 1. The number of hydrogen-bond acceptors (Lipinski definition) is 4. The van der Waals surface area contributed by atoms with E-state index < -0.39 is 0 Å². The Hall–Kier alpha value is -3.73. The monoisotopic (exact) mass is 397 g/mol. The first-order chi connectivity index (χ1) is 14.7. The molecule has 150 valence electrons. The molecule has 0 aliphatic carbocycles. The molecule has 0 bridgehead atoms. The van der Waals surface area contributed by atoms with Crippen LogP contribution in [0.15, 0.2) is 89.3 Å². The molecular weight excluding hydrogens is 374 g/mol. The van der Waals surface area contributed by atoms with Gasteiger partial charge in [-0.1, -0.05) is 78.4 Å². The molecule has 0 spiro atoms. The topological polar surface area (TPSA) is 68.0 Å². The summed E-state index contributed by atoms with van der Waals surface area (Å²) in [6.45, 7) is 2.03. The fourth-order valence-corrected chi connectivity index (χ4v) is 3.27. The molecule has 0 unspecified atom stereocenters. The third kappa shape index (κ3) is 4.81. The van der Waals surface area contributed by atoms with Gasteiger partial charge in [-0.15, -0.1) is 10.2 Å². The second kappa shape index (κ2) is 9.18. The number of aromatic nitrogens is 2. The lowest BCUT2D eigenvalue weighted by Gasteiger charge is -2.19. The van der Waals surface area contributed by atoms with Gasteiger partial charge < -0.3 is 9.73 Å². The normalized spacial score (nSPS) is 10.9. The van der Waals surface area contributed by atoms with E-state index >= 15 is 0 Å². The van der Waals surface area contributed by atoms with Crippen molar-refractivity contribution in [3.63, 3.8) is 0 Å². The highest BCUT2D eigenvalue weighted by atomic mass is 16.4. The minimum Gasteiger partial charge on any atom is -0.421 e. The van der Waals surface area contributed by atoms with Gasteiger partial charge in [0.15, 0.2) is 0 Å². The molecule has 1 aromatic heterocycles. The van der Waals surface area contributed by atoms with Crippen molar-refractivity contribution in [3.8, 4) is 11.5 Å². The number of carbonyl (C=O) groups is 1. The van der Waals surface area contributed by atoms with Crippen molar-refractivity contribution in [3.05, 3.63) is 108 Å². The molecule has 0 radical (unpaired) electrons. The average Bonchev–Trinajstić information content (AvgIpc) is 3.27. The Morgan fingerprint density at radius 1 is 0.867 bits per heavy atom. The van der Waals surface area contributed by atoms with E-state index in [1.54, 1.807) is 0 Å². The van der Waals surface area contributed by atoms with E-state index in [1.165, 1.54) is 5.56 Å². The lowest BCUT2D eigenvalue weighted by Crippen LogP contribution is -2.29. The molecular formula is C25H23N3O2. The fourth-order valence-electron chi connectivity index (χ4n) is 3.27. The van der Waals surface area contributed by atoms with Crippen molar-refractivity contribution in [1.82, 2.24) is 15.5 Å². The van der Waals surface area contributed by atoms with Crippen LogP contribution in [0.4, 0.5) is 0 Å². The molecule has 0 saturated heterocycles. The van der Waals surface area contributed by atoms with Crippen LogP contribution in [-0.2, 0) is 11.2 Å². The van der Waals surface area contributed by atoms with Crippen LogP contribution in [0.25, 0.3) is 11.5 Å². The maximum atomic E-state index is 12.7. The summed E-state index contributed by atoms with van der Waals surface area (Å²) in [6, 6.07) is 27.6. The summed E-state index contributed by atoms with van der Waals surface area (Å²) >= 11 is 0. The molecule has 30 heavy (non-hydrogen) atoms. The SMILES string of the molecule is Cc1ccc(-c2nnc(CCC(=O)NC(c3ccccc3)c3ccccc3)o2)cc1. The Balaban J connectivity index is 1.41. The van der Waals surface area contributed by atoms with Crippen LogP contribution < -0.4 is 5.32 Å². The molecule has 5 heteroatoms. The highest BCUT2D eigenvalue weighted by Gasteiger charge is 2.17. The van der Waals surface area contributed by atoms with Crippen LogP contribution in [0.5, 0.6) is 0 Å². The second-order valence-corrected chi connectivity index (χ2v) is 7.19. The van der Waals surface area contributed by atoms with E-state index in [1.807, 2.05) is 91.9 Å². The Bertz CT molecular complexity index is 1050. The molecule has 0 aliphatic heterocycles. The molecule has 4 rings (SSSR count). The van der Waals surface area contributed by atoms with E-state index in [2.05, 4.69) is 15.5 Å². The molecule has 0 saturated carbocycles. The van der Waals surface area contributed by atoms with Crippen molar-refractivity contribution in [2.45, 2.75) is 25.8 Å². The molecule has 1 heterocycles. The lowest BCUT2D eigenvalue weighted by atomic mass is 9.98. The van der Waals surface area contributed by atoms with Crippen LogP contribution in [-0.4, -0.2) is 16.1 Å². The van der Waals surface area contributed by atoms with Gasteiger partial charge in [-0.25, -0.2) is 0 Å². The minimum atomic E-state index is -0.203. The number of benzene rings is 3. The van der Waals surface area contributed by atoms with Crippen molar-refractivity contribution < 1.29 is 9.21 Å². The van der Waals surface area contributed by atoms with Gasteiger partial charge >= 0.3 is 0 Å². The van der Waals surface area contributed by atoms with E-state index in [0.717, 1.165) is 16.7 Å². The van der Waals surface area contributed by atoms with E-state index in [0.29, 0.717) is 18.2 Å². The van der Waals surface area contributed by atoms with Crippen LogP contribution in [0.3, 0.4) is 0 Å². The number of rotatable bonds is 7. The molecule has 0 fully saturated rings. The van der Waals surface area contributed by atoms with Gasteiger partial charge in [-0.05, 0) is 30.2 Å². The quantitative estimate of drug-likeness (QED) is 0.482. The number of hydrogen-bond donors (Lipinski definition) is 1. The van der Waals surface area contributed by atoms with Crippen molar-refractivity contribution >= 4 is 5.91 Å². The summed E-state index contributed by atoms with van der Waals surface area (Å²) in [6.07, 6.45) is 0.659. The van der Waals surface area contributed by atoms with Gasteiger partial charge in [0.2, 0.25) is 17.7 Å². The van der Waals surface area contributed by atoms with Gasteiger partial charge in [-0.2, -0.15) is 0 Å². The predicted octanol–water partition coefficient (Wildman–Crippen LogP) is 4.88. The van der Waals surface area contributed by atoms with Gasteiger partial charge in [-0.3, -0.25) is 4.79 Å². The summed E-state index contributed by atoms with van der Waals surface area (Å²) in [5.74, 6) is 0.858. The molecule has 4 aromatic rings. The molecule has 5 nitrogen and oxygen atoms in total. The van der Waals surface area contributed by atoms with E-state index in [-0.39, 0.29) is 18.4 Å². The zero-order chi connectivity index (χ0) is 20.8. The van der Waals surface area contributed by atoms with Gasteiger partial charge in [0, 0.05) is 18.4 Å². The maximum Gasteiger partial charge on any atom is 0.247 e. The van der Waals surface area contributed by atoms with Crippen molar-refractivity contribution in [2.75, 3.05) is 0 Å². The zero-order valence-electron chi connectivity index (χ0n) is 16.8. The summed E-state index contributed by atoms with van der Waals surface area (Å²) in [4.78, 5) is 12.7. The van der Waals surface area contributed by atoms with Gasteiger partial charge in [0.05, 0.1) is 6.04 Å². The van der Waals surface area contributed by atoms with Crippen LogP contribution in [0, 0.1) is 6.92 Å². The predicted molar refractivity (Wildman–Crippen MR) is 116 cm³/mol. The summed E-state index contributed by atoms with van der Waals surface area (Å²) < 4.78 is 5.73. The molecule has 1 amide bonds. The maximum absolute atomic E-state index is 12.7. The Kier molecular flexibility index (Phi) is 5.99. The first kappa shape index (κ1) is 19.6. The van der Waals surface area contributed by atoms with Crippen LogP contribution in [0.2, 0.25) is 0 Å². The minimum absolute atomic E-state index is 0.0669. The number of aryl methyl sites for hydroxylation is 2. The molecule has 3 aromatic carbocycles. The second-order valence-electron chi connectivity index (χ2n) is 7.19. The average molecular weight is 397 g/mol. The van der Waals surface area contributed by atoms with Crippen LogP contribution >= 0.6 is 0 Å².